The lowest BCUT2D eigenvalue weighted by atomic mass is 10.0. The van der Waals surface area contributed by atoms with E-state index in [1.165, 1.54) is 6.07 Å². The van der Waals surface area contributed by atoms with Gasteiger partial charge in [0.05, 0.1) is 23.5 Å². The average Bonchev–Trinajstić information content (AvgIpc) is 2.95. The summed E-state index contributed by atoms with van der Waals surface area (Å²) in [4.78, 5) is 42.5. The van der Waals surface area contributed by atoms with Crippen LogP contribution in [0.15, 0.2) is 107 Å². The first-order valence-corrected chi connectivity index (χ1v) is 13.2. The Morgan fingerprint density at radius 2 is 1.45 bits per heavy atom. The highest BCUT2D eigenvalue weighted by molar-refractivity contribution is 7.99. The third kappa shape index (κ3) is 5.74. The molecule has 0 atom stereocenters. The van der Waals surface area contributed by atoms with E-state index in [4.69, 9.17) is 16.3 Å². The summed E-state index contributed by atoms with van der Waals surface area (Å²) >= 11 is 7.81. The molecule has 0 aliphatic carbocycles. The number of esters is 1. The Kier molecular flexibility index (Phi) is 7.77. The molecular weight excluding hydrogens is 520 g/mol. The van der Waals surface area contributed by atoms with E-state index in [1.807, 2.05) is 42.5 Å². The van der Waals surface area contributed by atoms with Gasteiger partial charge in [-0.15, -0.1) is 0 Å². The number of hydrogen-bond acceptors (Lipinski definition) is 6. The number of carbonyl (C=O) groups excluding carboxylic acids is 3. The predicted molar refractivity (Wildman–Crippen MR) is 150 cm³/mol. The molecule has 0 spiro atoms. The number of ketones is 1. The van der Waals surface area contributed by atoms with Crippen LogP contribution in [0.5, 0.6) is 0 Å². The van der Waals surface area contributed by atoms with Crippen molar-refractivity contribution in [2.45, 2.75) is 16.2 Å². The van der Waals surface area contributed by atoms with E-state index in [0.717, 1.165) is 21.2 Å². The first-order chi connectivity index (χ1) is 18.5. The molecule has 1 heterocycles. The summed E-state index contributed by atoms with van der Waals surface area (Å²) in [6.45, 7) is -0.0641. The molecule has 0 fully saturated rings. The molecule has 5 rings (SSSR count). The largest absolute Gasteiger partial charge is 0.456 e. The molecule has 1 amide bonds. The first kappa shape index (κ1) is 25.6. The molecule has 6 nitrogen and oxygen atoms in total. The molecule has 4 aromatic rings. The van der Waals surface area contributed by atoms with Crippen molar-refractivity contribution >= 4 is 58.1 Å². The van der Waals surface area contributed by atoms with Gasteiger partial charge in [0, 0.05) is 32.5 Å². The van der Waals surface area contributed by atoms with Gasteiger partial charge in [0.25, 0.3) is 5.91 Å². The monoisotopic (exact) mass is 542 g/mol. The van der Waals surface area contributed by atoms with Crippen LogP contribution < -0.4 is 10.2 Å². The van der Waals surface area contributed by atoms with Gasteiger partial charge in [-0.25, -0.2) is 0 Å². The summed E-state index contributed by atoms with van der Waals surface area (Å²) in [5.41, 5.74) is 3.07. The summed E-state index contributed by atoms with van der Waals surface area (Å²) in [6, 6.07) is 29.4. The Morgan fingerprint density at radius 1 is 0.816 bits per heavy atom. The van der Waals surface area contributed by atoms with Crippen molar-refractivity contribution in [2.75, 3.05) is 23.4 Å². The molecule has 1 N–H and O–H groups in total. The van der Waals surface area contributed by atoms with Crippen LogP contribution in [-0.4, -0.2) is 30.8 Å². The van der Waals surface area contributed by atoms with Gasteiger partial charge in [-0.1, -0.05) is 78.0 Å². The lowest BCUT2D eigenvalue weighted by Crippen LogP contribution is -2.26. The fourth-order valence-corrected chi connectivity index (χ4v) is 5.46. The molecule has 0 radical (unpaired) electrons. The SMILES string of the molecule is O=C(COC(=O)CCN1c2ccccc2Sc2ccccc21)Nc1ccc(Cl)cc1C(=O)c1ccccc1. The second-order valence-corrected chi connectivity index (χ2v) is 10.1. The summed E-state index contributed by atoms with van der Waals surface area (Å²) < 4.78 is 5.26. The molecule has 0 bridgehead atoms. The maximum atomic E-state index is 13.0. The molecule has 0 saturated heterocycles. The number of nitrogens with zero attached hydrogens (tertiary/aromatic N) is 1. The normalized spacial score (nSPS) is 11.8. The van der Waals surface area contributed by atoms with Crippen LogP contribution >= 0.6 is 23.4 Å². The number of rotatable bonds is 8. The fourth-order valence-electron chi connectivity index (χ4n) is 4.19. The Morgan fingerprint density at radius 3 is 2.13 bits per heavy atom. The lowest BCUT2D eigenvalue weighted by Gasteiger charge is -2.32. The topological polar surface area (TPSA) is 75.7 Å². The molecule has 4 aromatic carbocycles. The second-order valence-electron chi connectivity index (χ2n) is 8.53. The zero-order chi connectivity index (χ0) is 26.5. The van der Waals surface area contributed by atoms with Crippen LogP contribution in [-0.2, 0) is 14.3 Å². The van der Waals surface area contributed by atoms with Gasteiger partial charge in [0.15, 0.2) is 12.4 Å². The van der Waals surface area contributed by atoms with E-state index in [9.17, 15) is 14.4 Å². The van der Waals surface area contributed by atoms with Gasteiger partial charge in [-0.2, -0.15) is 0 Å². The highest BCUT2D eigenvalue weighted by Crippen LogP contribution is 2.47. The van der Waals surface area contributed by atoms with Crippen LogP contribution in [0.1, 0.15) is 22.3 Å². The van der Waals surface area contributed by atoms with Gasteiger partial charge in [-0.05, 0) is 42.5 Å². The number of nitrogens with one attached hydrogen (secondary N) is 1. The van der Waals surface area contributed by atoms with Crippen LogP contribution in [0.4, 0.5) is 17.1 Å². The van der Waals surface area contributed by atoms with E-state index in [2.05, 4.69) is 22.3 Å². The molecule has 0 unspecified atom stereocenters. The number of carbonyl (C=O) groups is 3. The standard InChI is InChI=1S/C30H23ClN2O4S/c31-21-14-15-23(22(18-21)30(36)20-8-2-1-3-9-20)32-28(34)19-37-29(35)16-17-33-24-10-4-6-12-26(24)38-27-13-7-5-11-25(27)33/h1-15,18H,16-17,19H2,(H,32,34). The minimum Gasteiger partial charge on any atom is -0.456 e. The highest BCUT2D eigenvalue weighted by Gasteiger charge is 2.23. The molecule has 1 aliphatic heterocycles. The molecular formula is C30H23ClN2O4S. The summed E-state index contributed by atoms with van der Waals surface area (Å²) in [5, 5.41) is 3.03. The third-order valence-electron chi connectivity index (χ3n) is 5.97. The van der Waals surface area contributed by atoms with Crippen molar-refractivity contribution in [1.29, 1.82) is 0 Å². The first-order valence-electron chi connectivity index (χ1n) is 12.0. The molecule has 8 heteroatoms. The van der Waals surface area contributed by atoms with E-state index in [0.29, 0.717) is 22.8 Å². The van der Waals surface area contributed by atoms with Crippen molar-refractivity contribution < 1.29 is 19.1 Å². The highest BCUT2D eigenvalue weighted by atomic mass is 35.5. The minimum absolute atomic E-state index is 0.0965. The van der Waals surface area contributed by atoms with Crippen LogP contribution in [0.25, 0.3) is 0 Å². The minimum atomic E-state index is -0.548. The number of benzene rings is 4. The number of para-hydroxylation sites is 2. The Bertz CT molecular complexity index is 1460. The van der Waals surface area contributed by atoms with Crippen LogP contribution in [0.2, 0.25) is 5.02 Å². The second kappa shape index (κ2) is 11.5. The number of fused-ring (bicyclic) bond motifs is 2. The van der Waals surface area contributed by atoms with Gasteiger partial charge in [0.2, 0.25) is 0 Å². The van der Waals surface area contributed by atoms with E-state index in [-0.39, 0.29) is 17.8 Å². The number of amides is 1. The molecule has 1 aliphatic rings. The van der Waals surface area contributed by atoms with Crippen molar-refractivity contribution in [3.8, 4) is 0 Å². The Labute approximate surface area is 229 Å². The van der Waals surface area contributed by atoms with Crippen molar-refractivity contribution in [1.82, 2.24) is 0 Å². The Hall–Kier alpha value is -4.07. The summed E-state index contributed by atoms with van der Waals surface area (Å²) in [6.07, 6.45) is 0.0965. The zero-order valence-electron chi connectivity index (χ0n) is 20.2. The van der Waals surface area contributed by atoms with Gasteiger partial charge < -0.3 is 15.0 Å². The lowest BCUT2D eigenvalue weighted by molar-refractivity contribution is -0.147. The molecule has 38 heavy (non-hydrogen) atoms. The van der Waals surface area contributed by atoms with Gasteiger partial charge >= 0.3 is 5.97 Å². The van der Waals surface area contributed by atoms with E-state index >= 15 is 0 Å². The van der Waals surface area contributed by atoms with Crippen molar-refractivity contribution in [2.24, 2.45) is 0 Å². The van der Waals surface area contributed by atoms with Crippen molar-refractivity contribution in [3.05, 3.63) is 113 Å². The zero-order valence-corrected chi connectivity index (χ0v) is 21.8. The molecule has 0 aromatic heterocycles. The van der Waals surface area contributed by atoms with E-state index in [1.54, 1.807) is 48.2 Å². The van der Waals surface area contributed by atoms with Gasteiger partial charge in [-0.3, -0.25) is 14.4 Å². The molecule has 0 saturated carbocycles. The summed E-state index contributed by atoms with van der Waals surface area (Å²) in [7, 11) is 0. The van der Waals surface area contributed by atoms with Crippen LogP contribution in [0, 0.1) is 0 Å². The number of hydrogen-bond donors (Lipinski definition) is 1. The van der Waals surface area contributed by atoms with Gasteiger partial charge in [0.1, 0.15) is 0 Å². The fraction of sp³-hybridized carbons (Fsp3) is 0.100. The summed E-state index contributed by atoms with van der Waals surface area (Å²) in [5.74, 6) is -1.32. The van der Waals surface area contributed by atoms with E-state index < -0.39 is 18.5 Å². The quantitative estimate of drug-likeness (QED) is 0.196. The predicted octanol–water partition coefficient (Wildman–Crippen LogP) is 6.75. The van der Waals surface area contributed by atoms with Crippen molar-refractivity contribution in [3.63, 3.8) is 0 Å². The smallest absolute Gasteiger partial charge is 0.308 e. The maximum absolute atomic E-state index is 13.0. The van der Waals surface area contributed by atoms with Crippen LogP contribution in [0.3, 0.4) is 0 Å². The molecule has 190 valence electrons. The number of anilines is 3. The third-order valence-corrected chi connectivity index (χ3v) is 7.34. The number of halogens is 1. The Balaban J connectivity index is 1.20. The average molecular weight is 543 g/mol. The maximum Gasteiger partial charge on any atom is 0.308 e. The number of ether oxygens (including phenoxy) is 1.